The molecule has 1 aromatic heterocycles. The average molecular weight is 591 g/mol. The molecule has 7 aromatic carbocycles. The molecule has 0 amide bonds. The van der Waals surface area contributed by atoms with Crippen molar-refractivity contribution in [3.63, 3.8) is 0 Å². The summed E-state index contributed by atoms with van der Waals surface area (Å²) in [5.41, 5.74) is 13.2. The van der Waals surface area contributed by atoms with E-state index in [0.29, 0.717) is 0 Å². The molecule has 0 saturated carbocycles. The molecule has 3 nitrogen and oxygen atoms in total. The van der Waals surface area contributed by atoms with Gasteiger partial charge in [-0.1, -0.05) is 127 Å². The van der Waals surface area contributed by atoms with Gasteiger partial charge >= 0.3 is 0 Å². The van der Waals surface area contributed by atoms with Crippen LogP contribution < -0.4 is 4.90 Å². The molecular formula is C43H30N2O. The molecule has 1 N–H and O–H groups in total. The van der Waals surface area contributed by atoms with Crippen molar-refractivity contribution in [2.45, 2.75) is 6.23 Å². The average Bonchev–Trinajstić information content (AvgIpc) is 3.47. The van der Waals surface area contributed by atoms with Gasteiger partial charge in [-0.25, -0.2) is 0 Å². The Morgan fingerprint density at radius 1 is 0.435 bits per heavy atom. The van der Waals surface area contributed by atoms with Crippen LogP contribution >= 0.6 is 0 Å². The standard InChI is InChI=1S/C43H30N2O/c46-43-39-15-8-7-14-36(39)37-16-9-17-38-40-28-35(26-27-41(40)45(43)42(37)38)44(33-22-18-31(19-23-33)29-10-3-1-4-11-29)34-24-20-32(21-25-34)30-12-5-2-6-13-30/h1-28,43,46H. The molecule has 218 valence electrons. The highest BCUT2D eigenvalue weighted by Crippen LogP contribution is 2.46. The summed E-state index contributed by atoms with van der Waals surface area (Å²) in [7, 11) is 0. The zero-order chi connectivity index (χ0) is 30.6. The largest absolute Gasteiger partial charge is 0.369 e. The van der Waals surface area contributed by atoms with E-state index in [-0.39, 0.29) is 0 Å². The van der Waals surface area contributed by atoms with Gasteiger partial charge in [0.05, 0.1) is 11.0 Å². The lowest BCUT2D eigenvalue weighted by molar-refractivity contribution is 0.155. The maximum Gasteiger partial charge on any atom is 0.158 e. The lowest BCUT2D eigenvalue weighted by Crippen LogP contribution is -2.15. The van der Waals surface area contributed by atoms with E-state index in [9.17, 15) is 5.11 Å². The summed E-state index contributed by atoms with van der Waals surface area (Å²) in [6.45, 7) is 0. The zero-order valence-corrected chi connectivity index (χ0v) is 25.1. The van der Waals surface area contributed by atoms with Crippen LogP contribution in [0.15, 0.2) is 170 Å². The number of rotatable bonds is 5. The van der Waals surface area contributed by atoms with Gasteiger partial charge in [-0.3, -0.25) is 0 Å². The molecule has 2 heterocycles. The molecule has 1 unspecified atom stereocenters. The molecule has 0 aliphatic carbocycles. The van der Waals surface area contributed by atoms with Crippen LogP contribution in [0.5, 0.6) is 0 Å². The van der Waals surface area contributed by atoms with Crippen LogP contribution in [0.4, 0.5) is 17.1 Å². The first-order valence-electron chi connectivity index (χ1n) is 15.7. The van der Waals surface area contributed by atoms with Crippen molar-refractivity contribution in [2.75, 3.05) is 4.90 Å². The van der Waals surface area contributed by atoms with Gasteiger partial charge in [-0.2, -0.15) is 0 Å². The molecule has 8 aromatic rings. The first-order chi connectivity index (χ1) is 22.7. The lowest BCUT2D eigenvalue weighted by atomic mass is 9.94. The first-order valence-corrected chi connectivity index (χ1v) is 15.7. The Bertz CT molecular complexity index is 2270. The SMILES string of the molecule is OC1c2ccccc2-c2cccc3c4cc(N(c5ccc(-c6ccccc6)cc5)c5ccc(-c6ccccc6)cc5)ccc4n1c23. The number of hydrogen-bond acceptors (Lipinski definition) is 2. The van der Waals surface area contributed by atoms with Crippen molar-refractivity contribution in [1.29, 1.82) is 0 Å². The van der Waals surface area contributed by atoms with E-state index in [1.54, 1.807) is 0 Å². The van der Waals surface area contributed by atoms with Crippen LogP contribution in [0.25, 0.3) is 55.2 Å². The fourth-order valence-corrected chi connectivity index (χ4v) is 7.12. The molecule has 0 radical (unpaired) electrons. The minimum atomic E-state index is -0.746. The van der Waals surface area contributed by atoms with Crippen molar-refractivity contribution >= 4 is 38.9 Å². The Labute approximate surface area is 267 Å². The van der Waals surface area contributed by atoms with Gasteiger partial charge in [-0.05, 0) is 70.3 Å². The van der Waals surface area contributed by atoms with Crippen molar-refractivity contribution in [3.05, 3.63) is 175 Å². The molecule has 1 aliphatic heterocycles. The van der Waals surface area contributed by atoms with E-state index in [2.05, 4.69) is 149 Å². The highest BCUT2D eigenvalue weighted by atomic mass is 16.3. The van der Waals surface area contributed by atoms with Crippen LogP contribution in [-0.2, 0) is 0 Å². The number of hydrogen-bond donors (Lipinski definition) is 1. The van der Waals surface area contributed by atoms with Gasteiger partial charge in [-0.15, -0.1) is 0 Å². The minimum absolute atomic E-state index is 0.746. The Balaban J connectivity index is 1.22. The van der Waals surface area contributed by atoms with E-state index in [1.807, 2.05) is 30.3 Å². The molecule has 1 aliphatic rings. The monoisotopic (exact) mass is 590 g/mol. The van der Waals surface area contributed by atoms with Crippen LogP contribution in [-0.4, -0.2) is 9.67 Å². The predicted molar refractivity (Wildman–Crippen MR) is 191 cm³/mol. The molecule has 46 heavy (non-hydrogen) atoms. The first kappa shape index (κ1) is 26.5. The van der Waals surface area contributed by atoms with Crippen molar-refractivity contribution < 1.29 is 5.11 Å². The highest BCUT2D eigenvalue weighted by Gasteiger charge is 2.28. The van der Waals surface area contributed by atoms with Crippen LogP contribution in [0.2, 0.25) is 0 Å². The molecule has 0 saturated heterocycles. The van der Waals surface area contributed by atoms with Gasteiger partial charge in [0.2, 0.25) is 0 Å². The number of para-hydroxylation sites is 1. The van der Waals surface area contributed by atoms with Crippen molar-refractivity contribution in [2.24, 2.45) is 0 Å². The third-order valence-electron chi connectivity index (χ3n) is 9.30. The molecule has 3 heteroatoms. The summed E-state index contributed by atoms with van der Waals surface area (Å²) in [6, 6.07) is 59.9. The number of aliphatic hydroxyl groups is 1. The second-order valence-corrected chi connectivity index (χ2v) is 11.9. The second kappa shape index (κ2) is 10.6. The quantitative estimate of drug-likeness (QED) is 0.216. The Morgan fingerprint density at radius 3 is 1.59 bits per heavy atom. The molecule has 0 spiro atoms. The summed E-state index contributed by atoms with van der Waals surface area (Å²) < 4.78 is 2.10. The summed E-state index contributed by atoms with van der Waals surface area (Å²) in [5.74, 6) is 0. The van der Waals surface area contributed by atoms with Gasteiger partial charge in [0.25, 0.3) is 0 Å². The third kappa shape index (κ3) is 4.17. The third-order valence-corrected chi connectivity index (χ3v) is 9.30. The number of aromatic nitrogens is 1. The Morgan fingerprint density at radius 2 is 0.957 bits per heavy atom. The van der Waals surface area contributed by atoms with Crippen molar-refractivity contribution in [1.82, 2.24) is 4.57 Å². The van der Waals surface area contributed by atoms with Gasteiger partial charge in [0.1, 0.15) is 0 Å². The molecular weight excluding hydrogens is 560 g/mol. The molecule has 0 bridgehead atoms. The van der Waals surface area contributed by atoms with E-state index in [0.717, 1.165) is 55.6 Å². The maximum atomic E-state index is 11.6. The van der Waals surface area contributed by atoms with Gasteiger partial charge in [0.15, 0.2) is 6.23 Å². The van der Waals surface area contributed by atoms with E-state index >= 15 is 0 Å². The second-order valence-electron chi connectivity index (χ2n) is 11.9. The highest BCUT2D eigenvalue weighted by molar-refractivity contribution is 6.14. The number of aliphatic hydroxyl groups excluding tert-OH is 1. The number of fused-ring (bicyclic) bond motifs is 5. The van der Waals surface area contributed by atoms with Crippen LogP contribution in [0, 0.1) is 0 Å². The van der Waals surface area contributed by atoms with Crippen molar-refractivity contribution in [3.8, 4) is 33.4 Å². The number of benzene rings is 7. The zero-order valence-electron chi connectivity index (χ0n) is 25.1. The Hall–Kier alpha value is -5.90. The van der Waals surface area contributed by atoms with Gasteiger partial charge < -0.3 is 14.6 Å². The van der Waals surface area contributed by atoms with E-state index in [4.69, 9.17) is 0 Å². The van der Waals surface area contributed by atoms with Crippen LogP contribution in [0.3, 0.4) is 0 Å². The van der Waals surface area contributed by atoms with Crippen LogP contribution in [0.1, 0.15) is 11.8 Å². The molecule has 9 rings (SSSR count). The summed E-state index contributed by atoms with van der Waals surface area (Å²) in [6.07, 6.45) is -0.746. The smallest absolute Gasteiger partial charge is 0.158 e. The normalized spacial score (nSPS) is 13.5. The predicted octanol–water partition coefficient (Wildman–Crippen LogP) is 11.1. The van der Waals surface area contributed by atoms with E-state index in [1.165, 1.54) is 22.3 Å². The maximum absolute atomic E-state index is 11.6. The van der Waals surface area contributed by atoms with E-state index < -0.39 is 6.23 Å². The topological polar surface area (TPSA) is 28.4 Å². The molecule has 1 atom stereocenters. The fourth-order valence-electron chi connectivity index (χ4n) is 7.12. The number of anilines is 3. The fraction of sp³-hybridized carbons (Fsp3) is 0.0233. The van der Waals surface area contributed by atoms with Gasteiger partial charge in [0, 0.05) is 39.0 Å². The summed E-state index contributed by atoms with van der Waals surface area (Å²) in [5, 5.41) is 13.9. The summed E-state index contributed by atoms with van der Waals surface area (Å²) in [4.78, 5) is 2.32. The minimum Gasteiger partial charge on any atom is -0.369 e. The summed E-state index contributed by atoms with van der Waals surface area (Å²) >= 11 is 0. The Kier molecular flexibility index (Phi) is 6.12. The number of nitrogens with zero attached hydrogens (tertiary/aromatic N) is 2. The lowest BCUT2D eigenvalue weighted by Gasteiger charge is -2.27. The molecule has 0 fully saturated rings.